The zero-order chi connectivity index (χ0) is 10.2. The normalized spacial score (nSPS) is 22.5. The Hall–Kier alpha value is -0.870. The molecule has 3 N–H and O–H groups in total. The maximum atomic E-state index is 10.2. The molecule has 4 nitrogen and oxygen atoms in total. The van der Waals surface area contributed by atoms with Gasteiger partial charge in [0.2, 0.25) is 0 Å². The molecule has 2 rings (SSSR count). The maximum absolute atomic E-state index is 10.2. The summed E-state index contributed by atoms with van der Waals surface area (Å²) in [6.45, 7) is 0. The van der Waals surface area contributed by atoms with Crippen molar-refractivity contribution in [1.29, 1.82) is 0 Å². The van der Waals surface area contributed by atoms with Crippen LogP contribution in [0.2, 0.25) is 0 Å². The Labute approximate surface area is 83.7 Å². The lowest BCUT2D eigenvalue weighted by Crippen LogP contribution is -2.38. The second-order valence-electron chi connectivity index (χ2n) is 4.20. The quantitative estimate of drug-likeness (QED) is 0.731. The predicted molar refractivity (Wildman–Crippen MR) is 53.6 cm³/mol. The van der Waals surface area contributed by atoms with Crippen LogP contribution < -0.4 is 5.73 Å². The van der Waals surface area contributed by atoms with Crippen LogP contribution >= 0.6 is 0 Å². The zero-order valence-electron chi connectivity index (χ0n) is 8.48. The molecule has 1 unspecified atom stereocenters. The lowest BCUT2D eigenvalue weighted by molar-refractivity contribution is 0.0189. The molecule has 0 bridgehead atoms. The summed E-state index contributed by atoms with van der Waals surface area (Å²) in [5.74, 6) is 0. The lowest BCUT2D eigenvalue weighted by Gasteiger charge is -2.28. The van der Waals surface area contributed by atoms with Crippen LogP contribution in [-0.2, 0) is 7.05 Å². The van der Waals surface area contributed by atoms with E-state index in [1.807, 2.05) is 19.3 Å². The van der Waals surface area contributed by atoms with Crippen molar-refractivity contribution in [3.63, 3.8) is 0 Å². The van der Waals surface area contributed by atoms with Crippen molar-refractivity contribution < 1.29 is 5.11 Å². The van der Waals surface area contributed by atoms with Gasteiger partial charge in [-0.3, -0.25) is 4.68 Å². The van der Waals surface area contributed by atoms with E-state index < -0.39 is 5.60 Å². The number of hydrogen-bond acceptors (Lipinski definition) is 3. The maximum Gasteiger partial charge on any atom is 0.0855 e. The molecule has 1 aromatic heterocycles. The van der Waals surface area contributed by atoms with Crippen molar-refractivity contribution >= 4 is 0 Å². The van der Waals surface area contributed by atoms with E-state index in [0.29, 0.717) is 0 Å². The second-order valence-corrected chi connectivity index (χ2v) is 4.20. The summed E-state index contributed by atoms with van der Waals surface area (Å²) < 4.78 is 1.72. The Morgan fingerprint density at radius 2 is 2.21 bits per heavy atom. The van der Waals surface area contributed by atoms with Gasteiger partial charge in [0.15, 0.2) is 0 Å². The van der Waals surface area contributed by atoms with E-state index in [1.165, 1.54) is 0 Å². The van der Waals surface area contributed by atoms with Crippen molar-refractivity contribution in [3.05, 3.63) is 18.0 Å². The number of nitrogens with zero attached hydrogens (tertiary/aromatic N) is 2. The van der Waals surface area contributed by atoms with E-state index in [0.717, 1.165) is 31.4 Å². The van der Waals surface area contributed by atoms with Gasteiger partial charge in [-0.15, -0.1) is 0 Å². The van der Waals surface area contributed by atoms with Gasteiger partial charge in [-0.2, -0.15) is 5.10 Å². The van der Waals surface area contributed by atoms with Gasteiger partial charge in [0.1, 0.15) is 0 Å². The van der Waals surface area contributed by atoms with E-state index in [4.69, 9.17) is 5.73 Å². The van der Waals surface area contributed by atoms with Crippen LogP contribution in [-0.4, -0.2) is 20.5 Å². The first kappa shape index (κ1) is 9.68. The van der Waals surface area contributed by atoms with Gasteiger partial charge in [-0.25, -0.2) is 0 Å². The summed E-state index contributed by atoms with van der Waals surface area (Å²) in [5, 5.41) is 14.5. The molecule has 0 spiro atoms. The molecular weight excluding hydrogens is 178 g/mol. The van der Waals surface area contributed by atoms with Crippen molar-refractivity contribution in [2.24, 2.45) is 12.8 Å². The summed E-state index contributed by atoms with van der Waals surface area (Å²) in [4.78, 5) is 0. The minimum Gasteiger partial charge on any atom is -0.388 e. The third kappa shape index (κ3) is 1.55. The van der Waals surface area contributed by atoms with Gasteiger partial charge in [0.05, 0.1) is 17.3 Å². The van der Waals surface area contributed by atoms with Crippen LogP contribution in [0.3, 0.4) is 0 Å². The highest BCUT2D eigenvalue weighted by molar-refractivity contribution is 5.11. The van der Waals surface area contributed by atoms with Gasteiger partial charge >= 0.3 is 0 Å². The summed E-state index contributed by atoms with van der Waals surface area (Å²) in [6, 6.07) is 1.53. The molecule has 1 saturated carbocycles. The van der Waals surface area contributed by atoms with Crippen LogP contribution in [0.1, 0.15) is 37.4 Å². The van der Waals surface area contributed by atoms with Gasteiger partial charge in [-0.05, 0) is 18.9 Å². The molecule has 0 saturated heterocycles. The molecule has 0 aliphatic heterocycles. The number of rotatable bonds is 2. The van der Waals surface area contributed by atoms with Gasteiger partial charge in [-0.1, -0.05) is 12.8 Å². The highest BCUT2D eigenvalue weighted by Gasteiger charge is 2.39. The minimum absolute atomic E-state index is 0.341. The second kappa shape index (κ2) is 3.37. The summed E-state index contributed by atoms with van der Waals surface area (Å²) in [5.41, 5.74) is 6.08. The van der Waals surface area contributed by atoms with Crippen molar-refractivity contribution in [2.45, 2.75) is 37.3 Å². The Morgan fingerprint density at radius 3 is 2.71 bits per heavy atom. The molecule has 78 valence electrons. The number of aromatic nitrogens is 2. The Morgan fingerprint density at radius 1 is 1.57 bits per heavy atom. The minimum atomic E-state index is -0.728. The number of hydrogen-bond donors (Lipinski definition) is 2. The smallest absolute Gasteiger partial charge is 0.0855 e. The van der Waals surface area contributed by atoms with Gasteiger partial charge in [0, 0.05) is 13.2 Å². The van der Waals surface area contributed by atoms with Crippen LogP contribution in [0.25, 0.3) is 0 Å². The highest BCUT2D eigenvalue weighted by atomic mass is 16.3. The zero-order valence-corrected chi connectivity index (χ0v) is 8.48. The van der Waals surface area contributed by atoms with Crippen LogP contribution in [0.15, 0.2) is 12.3 Å². The van der Waals surface area contributed by atoms with Crippen LogP contribution in [0, 0.1) is 0 Å². The first-order valence-electron chi connectivity index (χ1n) is 5.09. The molecule has 1 aliphatic carbocycles. The standard InChI is InChI=1S/C10H17N3O/c1-13-7-4-8(12-13)9(11)10(14)5-2-3-6-10/h4,7,9,14H,2-3,5-6,11H2,1H3. The first-order chi connectivity index (χ1) is 6.62. The van der Waals surface area contributed by atoms with Gasteiger partial charge < -0.3 is 10.8 Å². The van der Waals surface area contributed by atoms with Gasteiger partial charge in [0.25, 0.3) is 0 Å². The van der Waals surface area contributed by atoms with E-state index in [9.17, 15) is 5.11 Å². The molecule has 1 heterocycles. The SMILES string of the molecule is Cn1ccc(C(N)C2(O)CCCC2)n1. The van der Waals surface area contributed by atoms with Crippen molar-refractivity contribution in [2.75, 3.05) is 0 Å². The molecule has 0 amide bonds. The Bertz CT molecular complexity index is 315. The van der Waals surface area contributed by atoms with Crippen molar-refractivity contribution in [1.82, 2.24) is 9.78 Å². The Balaban J connectivity index is 2.18. The van der Waals surface area contributed by atoms with Crippen LogP contribution in [0.5, 0.6) is 0 Å². The Kier molecular flexibility index (Phi) is 2.33. The summed E-state index contributed by atoms with van der Waals surface area (Å²) in [7, 11) is 1.86. The fourth-order valence-corrected chi connectivity index (χ4v) is 2.17. The molecule has 14 heavy (non-hydrogen) atoms. The highest BCUT2D eigenvalue weighted by Crippen LogP contribution is 2.37. The summed E-state index contributed by atoms with van der Waals surface area (Å²) >= 11 is 0. The van der Waals surface area contributed by atoms with Crippen LogP contribution in [0.4, 0.5) is 0 Å². The molecule has 0 radical (unpaired) electrons. The van der Waals surface area contributed by atoms with E-state index in [-0.39, 0.29) is 6.04 Å². The average molecular weight is 195 g/mol. The molecular formula is C10H17N3O. The first-order valence-corrected chi connectivity index (χ1v) is 5.09. The number of aliphatic hydroxyl groups is 1. The predicted octanol–water partition coefficient (Wildman–Crippen LogP) is 0.725. The lowest BCUT2D eigenvalue weighted by atomic mass is 9.91. The fraction of sp³-hybridized carbons (Fsp3) is 0.700. The fourth-order valence-electron chi connectivity index (χ4n) is 2.17. The van der Waals surface area contributed by atoms with E-state index in [2.05, 4.69) is 5.10 Å². The van der Waals surface area contributed by atoms with E-state index >= 15 is 0 Å². The third-order valence-corrected chi connectivity index (χ3v) is 3.10. The molecule has 1 aromatic rings. The largest absolute Gasteiger partial charge is 0.388 e. The third-order valence-electron chi connectivity index (χ3n) is 3.10. The molecule has 1 aliphatic rings. The number of nitrogens with two attached hydrogens (primary N) is 1. The van der Waals surface area contributed by atoms with Crippen molar-refractivity contribution in [3.8, 4) is 0 Å². The molecule has 0 aromatic carbocycles. The molecule has 1 fully saturated rings. The average Bonchev–Trinajstić information content (AvgIpc) is 2.74. The summed E-state index contributed by atoms with van der Waals surface area (Å²) in [6.07, 6.45) is 5.58. The van der Waals surface area contributed by atoms with E-state index in [1.54, 1.807) is 4.68 Å². The molecule has 1 atom stereocenters. The number of aryl methyl sites for hydroxylation is 1. The topological polar surface area (TPSA) is 64.1 Å². The monoisotopic (exact) mass is 195 g/mol. The molecule has 4 heteroatoms.